The standard InChI is InChI=1S/C15H23N3O2/c19-14(10-15(20)6-2-1-3-7-15)18-9-5-12(11-18)13-4-8-16-17-13/h4,8,12,20H,1-3,5-7,9-11H2,(H,16,17). The second-order valence-electron chi connectivity index (χ2n) is 6.30. The lowest BCUT2D eigenvalue weighted by atomic mass is 9.82. The molecule has 5 heteroatoms. The zero-order chi connectivity index (χ0) is 14.0. The molecule has 0 aromatic carbocycles. The quantitative estimate of drug-likeness (QED) is 0.885. The summed E-state index contributed by atoms with van der Waals surface area (Å²) in [7, 11) is 0. The molecular formula is C15H23N3O2. The van der Waals surface area contributed by atoms with Crippen molar-refractivity contribution in [2.24, 2.45) is 0 Å². The van der Waals surface area contributed by atoms with Gasteiger partial charge in [0.25, 0.3) is 0 Å². The molecule has 1 unspecified atom stereocenters. The number of nitrogens with zero attached hydrogens (tertiary/aromatic N) is 2. The van der Waals surface area contributed by atoms with Crippen LogP contribution in [0.3, 0.4) is 0 Å². The van der Waals surface area contributed by atoms with Gasteiger partial charge in [0, 0.05) is 30.9 Å². The number of hydrogen-bond donors (Lipinski definition) is 2. The van der Waals surface area contributed by atoms with Crippen molar-refractivity contribution >= 4 is 5.91 Å². The smallest absolute Gasteiger partial charge is 0.225 e. The monoisotopic (exact) mass is 277 g/mol. The van der Waals surface area contributed by atoms with E-state index < -0.39 is 5.60 Å². The first-order chi connectivity index (χ1) is 9.66. The highest BCUT2D eigenvalue weighted by Crippen LogP contribution is 2.33. The SMILES string of the molecule is O=C(CC1(O)CCCCC1)N1CCC(c2ccn[nH]2)C1. The molecule has 2 aliphatic rings. The van der Waals surface area contributed by atoms with Gasteiger partial charge in [0.05, 0.1) is 12.0 Å². The minimum atomic E-state index is -0.749. The van der Waals surface area contributed by atoms with Crippen molar-refractivity contribution in [2.75, 3.05) is 13.1 Å². The Labute approximate surface area is 119 Å². The summed E-state index contributed by atoms with van der Waals surface area (Å²) in [5.74, 6) is 0.471. The third kappa shape index (κ3) is 2.87. The third-order valence-electron chi connectivity index (χ3n) is 4.77. The molecule has 2 fully saturated rings. The summed E-state index contributed by atoms with van der Waals surface area (Å²) in [6, 6.07) is 1.98. The van der Waals surface area contributed by atoms with Crippen LogP contribution in [-0.4, -0.2) is 44.8 Å². The van der Waals surface area contributed by atoms with E-state index in [-0.39, 0.29) is 5.91 Å². The largest absolute Gasteiger partial charge is 0.389 e. The summed E-state index contributed by atoms with van der Waals surface area (Å²) in [5.41, 5.74) is 0.359. The molecule has 3 rings (SSSR count). The number of nitrogens with one attached hydrogen (secondary N) is 1. The highest BCUT2D eigenvalue weighted by atomic mass is 16.3. The van der Waals surface area contributed by atoms with Gasteiger partial charge < -0.3 is 10.0 Å². The average molecular weight is 277 g/mol. The molecule has 2 N–H and O–H groups in total. The zero-order valence-electron chi connectivity index (χ0n) is 11.8. The highest BCUT2D eigenvalue weighted by Gasteiger charge is 2.35. The first-order valence-electron chi connectivity index (χ1n) is 7.66. The van der Waals surface area contributed by atoms with Crippen LogP contribution in [-0.2, 0) is 4.79 Å². The lowest BCUT2D eigenvalue weighted by Gasteiger charge is -2.32. The maximum atomic E-state index is 12.4. The van der Waals surface area contributed by atoms with E-state index in [4.69, 9.17) is 0 Å². The Morgan fingerprint density at radius 1 is 1.45 bits per heavy atom. The van der Waals surface area contributed by atoms with Crippen LogP contribution in [0.15, 0.2) is 12.3 Å². The van der Waals surface area contributed by atoms with Crippen LogP contribution in [0, 0.1) is 0 Å². The number of rotatable bonds is 3. The maximum absolute atomic E-state index is 12.4. The molecule has 110 valence electrons. The third-order valence-corrected chi connectivity index (χ3v) is 4.77. The van der Waals surface area contributed by atoms with E-state index in [9.17, 15) is 9.90 Å². The zero-order valence-corrected chi connectivity index (χ0v) is 11.8. The molecule has 1 aliphatic heterocycles. The predicted molar refractivity (Wildman–Crippen MR) is 75.2 cm³/mol. The minimum Gasteiger partial charge on any atom is -0.389 e. The van der Waals surface area contributed by atoms with Crippen molar-refractivity contribution in [2.45, 2.75) is 56.5 Å². The Bertz CT molecular complexity index is 452. The molecule has 1 aliphatic carbocycles. The van der Waals surface area contributed by atoms with Crippen LogP contribution in [0.1, 0.15) is 56.6 Å². The molecule has 1 saturated carbocycles. The number of aliphatic hydroxyl groups is 1. The van der Waals surface area contributed by atoms with E-state index in [2.05, 4.69) is 10.2 Å². The maximum Gasteiger partial charge on any atom is 0.225 e. The van der Waals surface area contributed by atoms with E-state index in [1.54, 1.807) is 6.20 Å². The number of aromatic amines is 1. The number of aromatic nitrogens is 2. The summed E-state index contributed by atoms with van der Waals surface area (Å²) in [6.45, 7) is 1.54. The Morgan fingerprint density at radius 2 is 2.25 bits per heavy atom. The van der Waals surface area contributed by atoms with Gasteiger partial charge in [-0.05, 0) is 25.3 Å². The fraction of sp³-hybridized carbons (Fsp3) is 0.733. The number of H-pyrrole nitrogens is 1. The summed E-state index contributed by atoms with van der Waals surface area (Å²) in [6.07, 6.45) is 7.84. The van der Waals surface area contributed by atoms with Gasteiger partial charge in [-0.15, -0.1) is 0 Å². The number of hydrogen-bond acceptors (Lipinski definition) is 3. The van der Waals surface area contributed by atoms with Gasteiger partial charge in [0.1, 0.15) is 0 Å². The summed E-state index contributed by atoms with van der Waals surface area (Å²) >= 11 is 0. The van der Waals surface area contributed by atoms with Crippen molar-refractivity contribution in [3.05, 3.63) is 18.0 Å². The number of carbonyl (C=O) groups is 1. The summed E-state index contributed by atoms with van der Waals surface area (Å²) < 4.78 is 0. The molecule has 1 aromatic heterocycles. The minimum absolute atomic E-state index is 0.108. The predicted octanol–water partition coefficient (Wildman–Crippen LogP) is 1.81. The molecule has 0 spiro atoms. The number of amides is 1. The molecule has 1 saturated heterocycles. The van der Waals surface area contributed by atoms with Crippen LogP contribution in [0.25, 0.3) is 0 Å². The van der Waals surface area contributed by atoms with Crippen LogP contribution >= 0.6 is 0 Å². The van der Waals surface area contributed by atoms with Crippen molar-refractivity contribution < 1.29 is 9.90 Å². The molecule has 1 atom stereocenters. The van der Waals surface area contributed by atoms with Crippen LogP contribution < -0.4 is 0 Å². The molecule has 1 amide bonds. The van der Waals surface area contributed by atoms with Gasteiger partial charge in [-0.1, -0.05) is 19.3 Å². The van der Waals surface area contributed by atoms with E-state index in [1.807, 2.05) is 11.0 Å². The van der Waals surface area contributed by atoms with E-state index in [1.165, 1.54) is 6.42 Å². The van der Waals surface area contributed by atoms with Crippen molar-refractivity contribution in [3.63, 3.8) is 0 Å². The molecule has 0 bridgehead atoms. The average Bonchev–Trinajstić information content (AvgIpc) is 3.10. The van der Waals surface area contributed by atoms with Gasteiger partial charge in [-0.25, -0.2) is 0 Å². The first kappa shape index (κ1) is 13.6. The number of carbonyl (C=O) groups excluding carboxylic acids is 1. The Morgan fingerprint density at radius 3 is 2.95 bits per heavy atom. The number of likely N-dealkylation sites (tertiary alicyclic amines) is 1. The molecule has 5 nitrogen and oxygen atoms in total. The topological polar surface area (TPSA) is 69.2 Å². The normalized spacial score (nSPS) is 25.9. The fourth-order valence-corrected chi connectivity index (χ4v) is 3.51. The Hall–Kier alpha value is -1.36. The molecule has 20 heavy (non-hydrogen) atoms. The van der Waals surface area contributed by atoms with E-state index >= 15 is 0 Å². The van der Waals surface area contributed by atoms with Gasteiger partial charge in [-0.3, -0.25) is 9.89 Å². The van der Waals surface area contributed by atoms with Gasteiger partial charge in [0.15, 0.2) is 0 Å². The Kier molecular flexibility index (Phi) is 3.78. The van der Waals surface area contributed by atoms with E-state index in [0.29, 0.717) is 12.3 Å². The first-order valence-corrected chi connectivity index (χ1v) is 7.66. The van der Waals surface area contributed by atoms with E-state index in [0.717, 1.165) is 50.9 Å². The van der Waals surface area contributed by atoms with Crippen LogP contribution in [0.5, 0.6) is 0 Å². The summed E-state index contributed by atoms with van der Waals surface area (Å²) in [5, 5.41) is 17.5. The Balaban J connectivity index is 1.56. The molecule has 2 heterocycles. The molecule has 0 radical (unpaired) electrons. The lowest BCUT2D eigenvalue weighted by molar-refractivity contribution is -0.136. The second-order valence-corrected chi connectivity index (χ2v) is 6.30. The highest BCUT2D eigenvalue weighted by molar-refractivity contribution is 5.77. The molecule has 1 aromatic rings. The summed E-state index contributed by atoms with van der Waals surface area (Å²) in [4.78, 5) is 14.3. The van der Waals surface area contributed by atoms with Gasteiger partial charge in [-0.2, -0.15) is 5.10 Å². The lowest BCUT2D eigenvalue weighted by Crippen LogP contribution is -2.39. The van der Waals surface area contributed by atoms with Crippen molar-refractivity contribution in [3.8, 4) is 0 Å². The van der Waals surface area contributed by atoms with Crippen LogP contribution in [0.2, 0.25) is 0 Å². The second kappa shape index (κ2) is 5.56. The van der Waals surface area contributed by atoms with Gasteiger partial charge in [0.2, 0.25) is 5.91 Å². The van der Waals surface area contributed by atoms with Crippen LogP contribution in [0.4, 0.5) is 0 Å². The van der Waals surface area contributed by atoms with Crippen molar-refractivity contribution in [1.29, 1.82) is 0 Å². The fourth-order valence-electron chi connectivity index (χ4n) is 3.51. The van der Waals surface area contributed by atoms with Gasteiger partial charge >= 0.3 is 0 Å². The molecular weight excluding hydrogens is 254 g/mol. The van der Waals surface area contributed by atoms with Crippen molar-refractivity contribution in [1.82, 2.24) is 15.1 Å².